The second-order valence-corrected chi connectivity index (χ2v) is 15.3. The Hall–Kier alpha value is -2.98. The van der Waals surface area contributed by atoms with Crippen LogP contribution in [-0.4, -0.2) is 94.0 Å². The quantitative estimate of drug-likeness (QED) is 0.181. The van der Waals surface area contributed by atoms with Crippen LogP contribution in [0.3, 0.4) is 0 Å². The summed E-state index contributed by atoms with van der Waals surface area (Å²) in [4.78, 5) is 54.1. The number of rotatable bonds is 5. The van der Waals surface area contributed by atoms with E-state index in [1.165, 1.54) is 19.8 Å². The predicted molar refractivity (Wildman–Crippen MR) is 169 cm³/mol. The molecule has 0 radical (unpaired) electrons. The van der Waals surface area contributed by atoms with Crippen LogP contribution in [-0.2, 0) is 41.4 Å². The number of ether oxygens (including phenoxy) is 3. The normalized spacial score (nSPS) is 37.1. The van der Waals surface area contributed by atoms with E-state index in [-0.39, 0.29) is 34.1 Å². The van der Waals surface area contributed by atoms with Crippen molar-refractivity contribution in [1.82, 2.24) is 33.9 Å². The van der Waals surface area contributed by atoms with Crippen LogP contribution in [0.25, 0.3) is 22.2 Å². The third-order valence-electron chi connectivity index (χ3n) is 8.96. The first-order chi connectivity index (χ1) is 23.3. The number of aromatic amines is 1. The van der Waals surface area contributed by atoms with Crippen LogP contribution >= 0.6 is 27.2 Å². The Kier molecular flexibility index (Phi) is 8.90. The molecule has 0 aromatic carbocycles. The number of phosphoric ester groups is 2. The molecule has 7 rings (SSSR count). The van der Waals surface area contributed by atoms with E-state index in [0.717, 1.165) is 11.5 Å². The Morgan fingerprint density at radius 3 is 2.63 bits per heavy atom. The molecule has 266 valence electrons. The summed E-state index contributed by atoms with van der Waals surface area (Å²) in [7, 11) is -8.64. The largest absolute Gasteiger partial charge is 0.472 e. The highest BCUT2D eigenvalue weighted by Gasteiger charge is 2.60. The molecular formula is C25H33N9O12P2S. The van der Waals surface area contributed by atoms with E-state index in [2.05, 4.69) is 29.3 Å². The van der Waals surface area contributed by atoms with E-state index in [1.54, 1.807) is 11.5 Å². The zero-order valence-corrected chi connectivity index (χ0v) is 28.7. The molecule has 7 N–H and O–H groups in total. The molecule has 0 amide bonds. The van der Waals surface area contributed by atoms with Crippen molar-refractivity contribution in [3.8, 4) is 0 Å². The van der Waals surface area contributed by atoms with Gasteiger partial charge in [-0.15, -0.1) is 0 Å². The number of hydrogen-bond acceptors (Lipinski definition) is 18. The van der Waals surface area contributed by atoms with Gasteiger partial charge in [-0.1, -0.05) is 13.8 Å². The number of imidazole rings is 1. The van der Waals surface area contributed by atoms with Crippen LogP contribution in [0.4, 0.5) is 11.8 Å². The van der Waals surface area contributed by atoms with Gasteiger partial charge in [-0.2, -0.15) is 4.37 Å². The molecule has 4 aromatic rings. The lowest BCUT2D eigenvalue weighted by molar-refractivity contribution is -0.128. The molecule has 2 bridgehead atoms. The Labute approximate surface area is 280 Å². The summed E-state index contributed by atoms with van der Waals surface area (Å²) in [6, 6.07) is 0. The number of hydrogen-bond donors (Lipinski definition) is 5. The molecule has 2 unspecified atom stereocenters. The molecule has 3 fully saturated rings. The Morgan fingerprint density at radius 1 is 1.12 bits per heavy atom. The maximum Gasteiger partial charge on any atom is 0.472 e. The van der Waals surface area contributed by atoms with Crippen LogP contribution in [0.15, 0.2) is 17.4 Å². The molecular weight excluding hydrogens is 712 g/mol. The second-order valence-electron chi connectivity index (χ2n) is 11.7. The highest BCUT2D eigenvalue weighted by atomic mass is 32.1. The molecule has 4 aromatic heterocycles. The number of phosphoric acid groups is 2. The number of nitrogens with zero attached hydrogens (tertiary/aromatic N) is 6. The van der Waals surface area contributed by atoms with Crippen molar-refractivity contribution in [2.45, 2.75) is 69.0 Å². The van der Waals surface area contributed by atoms with E-state index in [9.17, 15) is 23.7 Å². The van der Waals surface area contributed by atoms with Gasteiger partial charge in [0, 0.05) is 13.0 Å². The molecule has 7 heterocycles. The van der Waals surface area contributed by atoms with E-state index in [1.807, 2.05) is 6.92 Å². The van der Waals surface area contributed by atoms with E-state index in [0.29, 0.717) is 17.6 Å². The van der Waals surface area contributed by atoms with Gasteiger partial charge in [-0.25, -0.2) is 29.1 Å². The van der Waals surface area contributed by atoms with E-state index >= 15 is 0 Å². The van der Waals surface area contributed by atoms with Gasteiger partial charge in [-0.3, -0.25) is 32.4 Å². The molecule has 24 heteroatoms. The SMILES string of the molecule is CC[C@H]1[C@H](n2cnc3c(N)ncnc32)O[C@]2(CC)COP(=O)(O)O[C@@H]3[C@H](OC)[C@@H](COP(=O)(O)O[C@@H]12)O[C@H]3c1snc2c(=O)[nH]c(N)nc12. The van der Waals surface area contributed by atoms with Crippen molar-refractivity contribution in [2.75, 3.05) is 31.8 Å². The van der Waals surface area contributed by atoms with E-state index in [4.69, 9.17) is 43.8 Å². The van der Waals surface area contributed by atoms with Gasteiger partial charge in [0.1, 0.15) is 59.7 Å². The fraction of sp³-hybridized carbons (Fsp3) is 0.600. The molecule has 0 spiro atoms. The maximum absolute atomic E-state index is 13.8. The summed E-state index contributed by atoms with van der Waals surface area (Å²) >= 11 is 0.824. The number of aromatic nitrogens is 7. The third-order valence-corrected chi connectivity index (χ3v) is 11.8. The van der Waals surface area contributed by atoms with Crippen LogP contribution in [0.2, 0.25) is 0 Å². The number of methoxy groups -OCH3 is 1. The number of fused-ring (bicyclic) bond motifs is 5. The van der Waals surface area contributed by atoms with Crippen molar-refractivity contribution in [1.29, 1.82) is 0 Å². The highest BCUT2D eigenvalue weighted by Crippen LogP contribution is 2.59. The van der Waals surface area contributed by atoms with Crippen molar-refractivity contribution < 1.29 is 51.2 Å². The summed E-state index contributed by atoms with van der Waals surface area (Å²) in [5, 5.41) is 0. The first kappa shape index (κ1) is 34.5. The lowest BCUT2D eigenvalue weighted by Crippen LogP contribution is -2.46. The van der Waals surface area contributed by atoms with Crippen LogP contribution in [0, 0.1) is 5.92 Å². The molecule has 21 nitrogen and oxygen atoms in total. The topological polar surface area (TPSA) is 293 Å². The van der Waals surface area contributed by atoms with Gasteiger partial charge in [0.05, 0.1) is 24.4 Å². The Morgan fingerprint density at radius 2 is 1.90 bits per heavy atom. The lowest BCUT2D eigenvalue weighted by atomic mass is 9.87. The molecule has 0 saturated carbocycles. The molecule has 3 aliphatic heterocycles. The number of nitrogens with one attached hydrogen (secondary N) is 1. The van der Waals surface area contributed by atoms with Crippen molar-refractivity contribution in [3.05, 3.63) is 27.9 Å². The van der Waals surface area contributed by atoms with Gasteiger partial charge in [0.15, 0.2) is 17.0 Å². The first-order valence-corrected chi connectivity index (χ1v) is 18.8. The molecule has 3 aliphatic rings. The smallest absolute Gasteiger partial charge is 0.382 e. The standard InChI is InChI=1S/C25H33N9O12P2S/c1-4-10-19-25(5-2,44-23(10)34-9-30-14-20(26)28-8-29-21(14)34)7-42-48(38,39)45-16-15(40-3)11(6-41-47(36,37)46-19)43-17(16)18-12-13(33-49-18)22(35)32-24(27)31-12/h8-11,15-17,19,23H,4-7H2,1-3H3,(H,36,37)(H,38,39)(H2,26,28,29)(H3,27,31,32,35)/t10-,11-,15-,16-,17-,19+,23-,25-/m1/s1. The third kappa shape index (κ3) is 5.98. The minimum atomic E-state index is -5.01. The summed E-state index contributed by atoms with van der Waals surface area (Å²) in [6.07, 6.45) is -3.93. The van der Waals surface area contributed by atoms with Crippen LogP contribution < -0.4 is 17.0 Å². The Balaban J connectivity index is 1.27. The summed E-state index contributed by atoms with van der Waals surface area (Å²) in [6.45, 7) is 2.31. The summed E-state index contributed by atoms with van der Waals surface area (Å²) in [5.74, 6) is -0.721. The summed E-state index contributed by atoms with van der Waals surface area (Å²) in [5.41, 5.74) is 10.2. The minimum absolute atomic E-state index is 0.0505. The van der Waals surface area contributed by atoms with Crippen molar-refractivity contribution in [3.63, 3.8) is 0 Å². The highest BCUT2D eigenvalue weighted by molar-refractivity contribution is 7.47. The zero-order valence-electron chi connectivity index (χ0n) is 26.1. The fourth-order valence-electron chi connectivity index (χ4n) is 6.60. The van der Waals surface area contributed by atoms with Crippen LogP contribution in [0.1, 0.15) is 43.9 Å². The molecule has 10 atom stereocenters. The zero-order chi connectivity index (χ0) is 34.9. The van der Waals surface area contributed by atoms with Crippen molar-refractivity contribution in [2.24, 2.45) is 5.92 Å². The number of H-pyrrole nitrogens is 1. The predicted octanol–water partition coefficient (Wildman–Crippen LogP) is 1.56. The lowest BCUT2D eigenvalue weighted by Gasteiger charge is -2.35. The number of nitrogens with two attached hydrogens (primary N) is 2. The monoisotopic (exact) mass is 745 g/mol. The van der Waals surface area contributed by atoms with Gasteiger partial charge >= 0.3 is 15.6 Å². The Bertz CT molecular complexity index is 2050. The van der Waals surface area contributed by atoms with Gasteiger partial charge in [-0.05, 0) is 24.4 Å². The number of anilines is 2. The second kappa shape index (κ2) is 12.7. The van der Waals surface area contributed by atoms with Crippen LogP contribution in [0.5, 0.6) is 0 Å². The summed E-state index contributed by atoms with van der Waals surface area (Å²) < 4.78 is 74.2. The molecule has 49 heavy (non-hydrogen) atoms. The fourth-order valence-corrected chi connectivity index (χ4v) is 9.50. The minimum Gasteiger partial charge on any atom is -0.382 e. The van der Waals surface area contributed by atoms with E-state index < -0.39 is 82.7 Å². The van der Waals surface area contributed by atoms with Crippen molar-refractivity contribution >= 4 is 61.1 Å². The average molecular weight is 746 g/mol. The molecule has 3 saturated heterocycles. The average Bonchev–Trinajstić information content (AvgIpc) is 3.81. The number of nitrogen functional groups attached to an aromatic ring is 2. The van der Waals surface area contributed by atoms with Gasteiger partial charge in [0.2, 0.25) is 5.95 Å². The van der Waals surface area contributed by atoms with Gasteiger partial charge in [0.25, 0.3) is 5.56 Å². The van der Waals surface area contributed by atoms with Gasteiger partial charge < -0.3 is 35.5 Å². The molecule has 0 aliphatic carbocycles. The first-order valence-electron chi connectivity index (χ1n) is 15.1. The maximum atomic E-state index is 13.8.